The van der Waals surface area contributed by atoms with E-state index in [2.05, 4.69) is 36.1 Å². The number of ether oxygens (including phenoxy) is 1. The number of rotatable bonds is 3. The molecule has 0 spiro atoms. The van der Waals surface area contributed by atoms with E-state index in [1.54, 1.807) is 29.5 Å². The zero-order chi connectivity index (χ0) is 17.2. The number of nitrogens with one attached hydrogen (secondary N) is 1. The lowest BCUT2D eigenvalue weighted by molar-refractivity contribution is 0.102. The molecule has 3 heterocycles. The molecule has 8 heteroatoms. The van der Waals surface area contributed by atoms with Crippen LogP contribution in [0.2, 0.25) is 0 Å². The SMILES string of the molecule is O=C(Nc1ccc2nc(N3CCOCC3)sc2c1)c1cccc(Br)n1. The summed E-state index contributed by atoms with van der Waals surface area (Å²) < 4.78 is 7.06. The molecular formula is C17H15BrN4O2S. The molecule has 4 rings (SSSR count). The van der Waals surface area contributed by atoms with Gasteiger partial charge in [-0.25, -0.2) is 9.97 Å². The average molecular weight is 419 g/mol. The lowest BCUT2D eigenvalue weighted by Gasteiger charge is -2.25. The summed E-state index contributed by atoms with van der Waals surface area (Å²) in [4.78, 5) is 23.4. The third kappa shape index (κ3) is 3.65. The van der Waals surface area contributed by atoms with Gasteiger partial charge in [0.1, 0.15) is 10.3 Å². The molecule has 1 saturated heterocycles. The van der Waals surface area contributed by atoms with Gasteiger partial charge in [-0.1, -0.05) is 17.4 Å². The summed E-state index contributed by atoms with van der Waals surface area (Å²) in [7, 11) is 0. The van der Waals surface area contributed by atoms with Crippen LogP contribution < -0.4 is 10.2 Å². The molecule has 1 aliphatic heterocycles. The van der Waals surface area contributed by atoms with Crippen molar-refractivity contribution in [2.45, 2.75) is 0 Å². The number of halogens is 1. The first-order valence-corrected chi connectivity index (χ1v) is 9.47. The van der Waals surface area contributed by atoms with E-state index in [-0.39, 0.29) is 5.91 Å². The number of hydrogen-bond donors (Lipinski definition) is 1. The van der Waals surface area contributed by atoms with Crippen LogP contribution in [0.1, 0.15) is 10.5 Å². The number of aromatic nitrogens is 2. The first kappa shape index (κ1) is 16.4. The highest BCUT2D eigenvalue weighted by Crippen LogP contribution is 2.31. The Kier molecular flexibility index (Phi) is 4.65. The summed E-state index contributed by atoms with van der Waals surface area (Å²) in [6, 6.07) is 11.0. The van der Waals surface area contributed by atoms with E-state index in [9.17, 15) is 4.79 Å². The highest BCUT2D eigenvalue weighted by atomic mass is 79.9. The summed E-state index contributed by atoms with van der Waals surface area (Å²) >= 11 is 4.91. The predicted molar refractivity (Wildman–Crippen MR) is 103 cm³/mol. The van der Waals surface area contributed by atoms with E-state index in [4.69, 9.17) is 4.74 Å². The number of amides is 1. The Morgan fingerprint density at radius 2 is 2.04 bits per heavy atom. The topological polar surface area (TPSA) is 67.4 Å². The van der Waals surface area contributed by atoms with Gasteiger partial charge in [0.25, 0.3) is 5.91 Å². The largest absolute Gasteiger partial charge is 0.378 e. The number of carbonyl (C=O) groups excluding carboxylic acids is 1. The van der Waals surface area contributed by atoms with Crippen molar-refractivity contribution < 1.29 is 9.53 Å². The van der Waals surface area contributed by atoms with Crippen molar-refractivity contribution in [2.24, 2.45) is 0 Å². The molecule has 3 aromatic rings. The van der Waals surface area contributed by atoms with Crippen LogP contribution in [0.3, 0.4) is 0 Å². The van der Waals surface area contributed by atoms with Gasteiger partial charge in [0.05, 0.1) is 23.4 Å². The zero-order valence-electron chi connectivity index (χ0n) is 13.2. The van der Waals surface area contributed by atoms with E-state index in [0.717, 1.165) is 47.3 Å². The maximum Gasteiger partial charge on any atom is 0.274 e. The highest BCUT2D eigenvalue weighted by molar-refractivity contribution is 9.10. The summed E-state index contributed by atoms with van der Waals surface area (Å²) in [6.45, 7) is 3.18. The number of carbonyl (C=O) groups is 1. The molecule has 0 unspecified atom stereocenters. The summed E-state index contributed by atoms with van der Waals surface area (Å²) in [5.41, 5.74) is 2.04. The van der Waals surface area contributed by atoms with Crippen LogP contribution >= 0.6 is 27.3 Å². The molecule has 1 amide bonds. The number of nitrogens with zero attached hydrogens (tertiary/aromatic N) is 3. The molecule has 0 saturated carbocycles. The zero-order valence-corrected chi connectivity index (χ0v) is 15.6. The van der Waals surface area contributed by atoms with Crippen molar-refractivity contribution in [3.05, 3.63) is 46.7 Å². The minimum absolute atomic E-state index is 0.237. The van der Waals surface area contributed by atoms with Crippen LogP contribution in [0.15, 0.2) is 41.0 Å². The fraction of sp³-hybridized carbons (Fsp3) is 0.235. The molecular weight excluding hydrogens is 404 g/mol. The molecule has 1 N–H and O–H groups in total. The second-order valence-electron chi connectivity index (χ2n) is 5.58. The van der Waals surface area contributed by atoms with Gasteiger partial charge in [-0.05, 0) is 46.3 Å². The van der Waals surface area contributed by atoms with Crippen molar-refractivity contribution >= 4 is 54.2 Å². The second-order valence-corrected chi connectivity index (χ2v) is 7.40. The molecule has 25 heavy (non-hydrogen) atoms. The van der Waals surface area contributed by atoms with Gasteiger partial charge in [-0.3, -0.25) is 4.79 Å². The number of pyridine rings is 1. The fourth-order valence-electron chi connectivity index (χ4n) is 2.61. The lowest BCUT2D eigenvalue weighted by Crippen LogP contribution is -2.36. The van der Waals surface area contributed by atoms with Gasteiger partial charge in [0.15, 0.2) is 5.13 Å². The van der Waals surface area contributed by atoms with Crippen LogP contribution in [0.25, 0.3) is 10.2 Å². The van der Waals surface area contributed by atoms with Crippen molar-refractivity contribution in [3.63, 3.8) is 0 Å². The molecule has 0 aliphatic carbocycles. The molecule has 0 bridgehead atoms. The van der Waals surface area contributed by atoms with E-state index < -0.39 is 0 Å². The third-order valence-corrected chi connectivity index (χ3v) is 5.38. The molecule has 128 valence electrons. The highest BCUT2D eigenvalue weighted by Gasteiger charge is 2.16. The molecule has 1 aromatic carbocycles. The second kappa shape index (κ2) is 7.07. The Labute approximate surface area is 157 Å². The van der Waals surface area contributed by atoms with Gasteiger partial charge >= 0.3 is 0 Å². The van der Waals surface area contributed by atoms with Crippen LogP contribution in [0.4, 0.5) is 10.8 Å². The normalized spacial score (nSPS) is 14.7. The van der Waals surface area contributed by atoms with Crippen molar-refractivity contribution in [1.29, 1.82) is 0 Å². The van der Waals surface area contributed by atoms with Crippen LogP contribution in [0.5, 0.6) is 0 Å². The van der Waals surface area contributed by atoms with Crippen LogP contribution in [-0.4, -0.2) is 42.2 Å². The number of hydrogen-bond acceptors (Lipinski definition) is 6. The van der Waals surface area contributed by atoms with Gasteiger partial charge in [-0.2, -0.15) is 0 Å². The van der Waals surface area contributed by atoms with Crippen molar-refractivity contribution in [2.75, 3.05) is 36.5 Å². The van der Waals surface area contributed by atoms with E-state index in [1.807, 2.05) is 18.2 Å². The van der Waals surface area contributed by atoms with Crippen molar-refractivity contribution in [3.8, 4) is 0 Å². The van der Waals surface area contributed by atoms with E-state index in [1.165, 1.54) is 0 Å². The first-order chi connectivity index (χ1) is 12.2. The molecule has 0 atom stereocenters. The maximum atomic E-state index is 12.3. The lowest BCUT2D eigenvalue weighted by atomic mass is 10.2. The molecule has 2 aromatic heterocycles. The maximum absolute atomic E-state index is 12.3. The smallest absolute Gasteiger partial charge is 0.274 e. The average Bonchev–Trinajstić information content (AvgIpc) is 3.06. The van der Waals surface area contributed by atoms with E-state index >= 15 is 0 Å². The fourth-order valence-corrected chi connectivity index (χ4v) is 4.01. The quantitative estimate of drug-likeness (QED) is 0.658. The van der Waals surface area contributed by atoms with Gasteiger partial charge < -0.3 is 15.0 Å². The Morgan fingerprint density at radius 1 is 1.20 bits per heavy atom. The Bertz CT molecular complexity index is 924. The molecule has 1 aliphatic rings. The Hall–Kier alpha value is -2.03. The number of thiazole rings is 1. The summed E-state index contributed by atoms with van der Waals surface area (Å²) in [5.74, 6) is -0.237. The Balaban J connectivity index is 1.55. The molecule has 6 nitrogen and oxygen atoms in total. The predicted octanol–water partition coefficient (Wildman–Crippen LogP) is 3.54. The molecule has 1 fully saturated rings. The Morgan fingerprint density at radius 3 is 2.84 bits per heavy atom. The number of morpholine rings is 1. The van der Waals surface area contributed by atoms with Gasteiger partial charge in [0, 0.05) is 18.8 Å². The number of benzene rings is 1. The summed E-state index contributed by atoms with van der Waals surface area (Å²) in [6.07, 6.45) is 0. The standard InChI is InChI=1S/C17H15BrN4O2S/c18-15-3-1-2-13(20-15)16(23)19-11-4-5-12-14(10-11)25-17(21-12)22-6-8-24-9-7-22/h1-5,10H,6-9H2,(H,19,23). The van der Waals surface area contributed by atoms with Crippen LogP contribution in [0, 0.1) is 0 Å². The minimum atomic E-state index is -0.237. The monoisotopic (exact) mass is 418 g/mol. The summed E-state index contributed by atoms with van der Waals surface area (Å²) in [5, 5.41) is 3.89. The van der Waals surface area contributed by atoms with E-state index in [0.29, 0.717) is 10.3 Å². The van der Waals surface area contributed by atoms with Gasteiger partial charge in [-0.15, -0.1) is 0 Å². The van der Waals surface area contributed by atoms with Crippen molar-refractivity contribution in [1.82, 2.24) is 9.97 Å². The minimum Gasteiger partial charge on any atom is -0.378 e. The first-order valence-electron chi connectivity index (χ1n) is 7.86. The number of fused-ring (bicyclic) bond motifs is 1. The molecule has 0 radical (unpaired) electrons. The van der Waals surface area contributed by atoms with Crippen LogP contribution in [-0.2, 0) is 4.74 Å². The third-order valence-electron chi connectivity index (χ3n) is 3.86. The van der Waals surface area contributed by atoms with Gasteiger partial charge in [0.2, 0.25) is 0 Å². The number of anilines is 2.